The fourth-order valence-corrected chi connectivity index (χ4v) is 4.32. The predicted molar refractivity (Wildman–Crippen MR) is 130 cm³/mol. The van der Waals surface area contributed by atoms with Gasteiger partial charge in [0.05, 0.1) is 11.1 Å². The van der Waals surface area contributed by atoms with E-state index in [1.54, 1.807) is 18.5 Å². The molecule has 0 atom stereocenters. The number of alkyl halides is 3. The van der Waals surface area contributed by atoms with Gasteiger partial charge in [0, 0.05) is 36.1 Å². The Hall–Kier alpha value is -4.14. The average Bonchev–Trinajstić information content (AvgIpc) is 3.30. The number of carbonyl (C=O) groups excluding carboxylic acids is 1. The number of fused-ring (bicyclic) bond motifs is 1. The first-order chi connectivity index (χ1) is 17.3. The van der Waals surface area contributed by atoms with Gasteiger partial charge in [-0.2, -0.15) is 13.2 Å². The summed E-state index contributed by atoms with van der Waals surface area (Å²) in [6.45, 7) is 0. The van der Waals surface area contributed by atoms with Gasteiger partial charge in [-0.15, -0.1) is 0 Å². The van der Waals surface area contributed by atoms with Gasteiger partial charge in [-0.3, -0.25) is 4.79 Å². The Balaban J connectivity index is 1.18. The standard InChI is InChI=1S/C27H23F3N4O2/c28-27(29,30)19-8-11-24(32-15-19)36-21-4-1-3-18(14-21)13-17-6-9-20(10-7-17)34-26(35)23-16-33-25-22(23)5-2-12-31-25/h1-5,8,11-16,20H,6-7,9-10H2,(H,31,33)(H,34,35). The second-order valence-electron chi connectivity index (χ2n) is 8.71. The van der Waals surface area contributed by atoms with Crippen molar-refractivity contribution in [2.24, 2.45) is 0 Å². The molecule has 3 heterocycles. The number of hydrogen-bond acceptors (Lipinski definition) is 4. The van der Waals surface area contributed by atoms with Gasteiger partial charge in [-0.1, -0.05) is 23.8 Å². The summed E-state index contributed by atoms with van der Waals surface area (Å²) in [7, 11) is 0. The highest BCUT2D eigenvalue weighted by molar-refractivity contribution is 6.05. The van der Waals surface area contributed by atoms with E-state index in [2.05, 4.69) is 26.3 Å². The number of ether oxygens (including phenoxy) is 1. The first kappa shape index (κ1) is 23.6. The molecule has 0 bridgehead atoms. The lowest BCUT2D eigenvalue weighted by molar-refractivity contribution is -0.137. The zero-order valence-electron chi connectivity index (χ0n) is 19.2. The van der Waals surface area contributed by atoms with E-state index < -0.39 is 11.7 Å². The highest BCUT2D eigenvalue weighted by Crippen LogP contribution is 2.31. The number of benzene rings is 1. The molecule has 0 aliphatic heterocycles. The molecule has 184 valence electrons. The minimum Gasteiger partial charge on any atom is -0.439 e. The number of allylic oxidation sites excluding steroid dienone is 1. The van der Waals surface area contributed by atoms with Crippen molar-refractivity contribution in [2.75, 3.05) is 0 Å². The SMILES string of the molecule is O=C(NC1CCC(=Cc2cccc(Oc3ccc(C(F)(F)F)cn3)c2)CC1)c1c[nH]c2ncccc12. The maximum absolute atomic E-state index is 12.8. The summed E-state index contributed by atoms with van der Waals surface area (Å²) >= 11 is 0. The Kier molecular flexibility index (Phi) is 6.45. The van der Waals surface area contributed by atoms with E-state index in [1.165, 1.54) is 11.6 Å². The molecular weight excluding hydrogens is 469 g/mol. The third-order valence-electron chi connectivity index (χ3n) is 6.17. The highest BCUT2D eigenvalue weighted by atomic mass is 19.4. The third-order valence-corrected chi connectivity index (χ3v) is 6.17. The molecular formula is C27H23F3N4O2. The molecule has 1 saturated carbocycles. The van der Waals surface area contributed by atoms with Crippen LogP contribution in [0.4, 0.5) is 13.2 Å². The normalized spacial score (nSPS) is 16.1. The van der Waals surface area contributed by atoms with Crippen LogP contribution in [0.2, 0.25) is 0 Å². The average molecular weight is 493 g/mol. The van der Waals surface area contributed by atoms with E-state index >= 15 is 0 Å². The minimum absolute atomic E-state index is 0.0926. The van der Waals surface area contributed by atoms with Crippen LogP contribution in [0.3, 0.4) is 0 Å². The van der Waals surface area contributed by atoms with Crippen LogP contribution in [-0.2, 0) is 6.18 Å². The van der Waals surface area contributed by atoms with Crippen LogP contribution in [0.1, 0.15) is 47.2 Å². The molecule has 1 aliphatic rings. The van der Waals surface area contributed by atoms with E-state index in [-0.39, 0.29) is 17.8 Å². The summed E-state index contributed by atoms with van der Waals surface area (Å²) in [4.78, 5) is 23.8. The van der Waals surface area contributed by atoms with Crippen molar-refractivity contribution >= 4 is 23.0 Å². The molecule has 0 spiro atoms. The zero-order chi connectivity index (χ0) is 25.1. The molecule has 4 aromatic rings. The monoisotopic (exact) mass is 492 g/mol. The summed E-state index contributed by atoms with van der Waals surface area (Å²) in [6, 6.07) is 13.3. The molecule has 3 aromatic heterocycles. The van der Waals surface area contributed by atoms with E-state index in [1.807, 2.05) is 30.3 Å². The van der Waals surface area contributed by atoms with Crippen molar-refractivity contribution in [3.63, 3.8) is 0 Å². The molecule has 0 unspecified atom stereocenters. The summed E-state index contributed by atoms with van der Waals surface area (Å²) in [5.74, 6) is 0.481. The molecule has 0 radical (unpaired) electrons. The number of aromatic amines is 1. The number of nitrogens with one attached hydrogen (secondary N) is 2. The van der Waals surface area contributed by atoms with Gasteiger partial charge in [0.1, 0.15) is 11.4 Å². The fraction of sp³-hybridized carbons (Fsp3) is 0.222. The first-order valence-corrected chi connectivity index (χ1v) is 11.6. The molecule has 1 amide bonds. The van der Waals surface area contributed by atoms with E-state index in [0.29, 0.717) is 17.0 Å². The molecule has 1 fully saturated rings. The minimum atomic E-state index is -4.44. The quantitative estimate of drug-likeness (QED) is 0.332. The van der Waals surface area contributed by atoms with Gasteiger partial charge in [0.25, 0.3) is 5.91 Å². The Labute approximate surface area is 205 Å². The number of halogens is 3. The van der Waals surface area contributed by atoms with Crippen LogP contribution < -0.4 is 10.1 Å². The smallest absolute Gasteiger partial charge is 0.417 e. The van der Waals surface area contributed by atoms with Crippen molar-refractivity contribution in [3.8, 4) is 11.6 Å². The maximum atomic E-state index is 12.8. The largest absolute Gasteiger partial charge is 0.439 e. The lowest BCUT2D eigenvalue weighted by Gasteiger charge is -2.25. The van der Waals surface area contributed by atoms with Crippen molar-refractivity contribution in [3.05, 3.63) is 89.4 Å². The summed E-state index contributed by atoms with van der Waals surface area (Å²) in [5.41, 5.74) is 2.67. The van der Waals surface area contributed by atoms with E-state index in [0.717, 1.165) is 48.9 Å². The Morgan fingerprint density at radius 3 is 2.67 bits per heavy atom. The lowest BCUT2D eigenvalue weighted by atomic mass is 9.89. The summed E-state index contributed by atoms with van der Waals surface area (Å²) in [6.07, 6.45) is 5.17. The second kappa shape index (κ2) is 9.85. The lowest BCUT2D eigenvalue weighted by Crippen LogP contribution is -2.36. The topological polar surface area (TPSA) is 79.9 Å². The predicted octanol–water partition coefficient (Wildman–Crippen LogP) is 6.53. The number of rotatable bonds is 5. The van der Waals surface area contributed by atoms with Gasteiger partial charge < -0.3 is 15.0 Å². The molecule has 1 aliphatic carbocycles. The van der Waals surface area contributed by atoms with Crippen molar-refractivity contribution < 1.29 is 22.7 Å². The zero-order valence-corrected chi connectivity index (χ0v) is 19.2. The first-order valence-electron chi connectivity index (χ1n) is 11.6. The number of aromatic nitrogens is 3. The van der Waals surface area contributed by atoms with Crippen LogP contribution in [0.25, 0.3) is 17.1 Å². The molecule has 0 saturated heterocycles. The van der Waals surface area contributed by atoms with E-state index in [9.17, 15) is 18.0 Å². The van der Waals surface area contributed by atoms with Gasteiger partial charge in [-0.25, -0.2) is 9.97 Å². The summed E-state index contributed by atoms with van der Waals surface area (Å²) < 4.78 is 43.8. The Morgan fingerprint density at radius 1 is 1.08 bits per heavy atom. The van der Waals surface area contributed by atoms with Gasteiger partial charge >= 0.3 is 6.18 Å². The van der Waals surface area contributed by atoms with Crippen LogP contribution in [0, 0.1) is 0 Å². The summed E-state index contributed by atoms with van der Waals surface area (Å²) in [5, 5.41) is 3.94. The maximum Gasteiger partial charge on any atom is 0.417 e. The van der Waals surface area contributed by atoms with Gasteiger partial charge in [-0.05, 0) is 61.6 Å². The highest BCUT2D eigenvalue weighted by Gasteiger charge is 2.30. The Bertz CT molecular complexity index is 1400. The van der Waals surface area contributed by atoms with Crippen molar-refractivity contribution in [1.82, 2.24) is 20.3 Å². The van der Waals surface area contributed by atoms with Crippen LogP contribution in [0.5, 0.6) is 11.6 Å². The molecule has 1 aromatic carbocycles. The number of pyridine rings is 2. The molecule has 2 N–H and O–H groups in total. The van der Waals surface area contributed by atoms with Gasteiger partial charge in [0.2, 0.25) is 5.88 Å². The van der Waals surface area contributed by atoms with Crippen LogP contribution >= 0.6 is 0 Å². The van der Waals surface area contributed by atoms with Crippen LogP contribution in [0.15, 0.2) is 72.7 Å². The number of nitrogens with zero attached hydrogens (tertiary/aromatic N) is 2. The van der Waals surface area contributed by atoms with E-state index in [4.69, 9.17) is 4.74 Å². The molecule has 6 nitrogen and oxygen atoms in total. The Morgan fingerprint density at radius 2 is 1.92 bits per heavy atom. The van der Waals surface area contributed by atoms with Crippen molar-refractivity contribution in [2.45, 2.75) is 37.9 Å². The molecule has 36 heavy (non-hydrogen) atoms. The van der Waals surface area contributed by atoms with Crippen LogP contribution in [-0.4, -0.2) is 26.9 Å². The number of carbonyl (C=O) groups is 1. The number of hydrogen-bond donors (Lipinski definition) is 2. The number of H-pyrrole nitrogens is 1. The van der Waals surface area contributed by atoms with Gasteiger partial charge in [0.15, 0.2) is 0 Å². The third kappa shape index (κ3) is 5.40. The number of amides is 1. The molecule has 5 rings (SSSR count). The fourth-order valence-electron chi connectivity index (χ4n) is 4.32. The van der Waals surface area contributed by atoms with Crippen molar-refractivity contribution in [1.29, 1.82) is 0 Å². The molecule has 9 heteroatoms. The second-order valence-corrected chi connectivity index (χ2v) is 8.71.